The molecule has 0 atom stereocenters. The Morgan fingerprint density at radius 1 is 0.984 bits per heavy atom. The zero-order chi connectivity index (χ0) is 42.0. The van der Waals surface area contributed by atoms with Crippen LogP contribution in [0.25, 0.3) is 33.3 Å². The third-order valence-electron chi connectivity index (χ3n) is 12.6. The largest absolute Gasteiger partial charge is 0.490 e. The summed E-state index contributed by atoms with van der Waals surface area (Å²) >= 11 is 6.16. The Morgan fingerprint density at radius 3 is 2.57 bits per heavy atom. The van der Waals surface area contributed by atoms with Crippen LogP contribution >= 0.6 is 11.6 Å². The number of nitriles is 1. The van der Waals surface area contributed by atoms with E-state index in [-0.39, 0.29) is 24.0 Å². The van der Waals surface area contributed by atoms with E-state index in [0.29, 0.717) is 41.0 Å². The lowest BCUT2D eigenvalue weighted by atomic mass is 9.92. The summed E-state index contributed by atoms with van der Waals surface area (Å²) in [6, 6.07) is 19.3. The smallest absolute Gasteiger partial charge is 0.272 e. The van der Waals surface area contributed by atoms with Crippen molar-refractivity contribution in [2.75, 3.05) is 24.5 Å². The maximum atomic E-state index is 13.0. The molecule has 0 radical (unpaired) electrons. The van der Waals surface area contributed by atoms with Crippen LogP contribution in [-0.4, -0.2) is 83.2 Å². The number of pyridine rings is 1. The number of rotatable bonds is 10. The second-order valence-electron chi connectivity index (χ2n) is 16.5. The van der Waals surface area contributed by atoms with E-state index in [1.165, 1.54) is 5.69 Å². The predicted molar refractivity (Wildman–Crippen MR) is 232 cm³/mol. The van der Waals surface area contributed by atoms with Crippen molar-refractivity contribution in [3.8, 4) is 34.3 Å². The molecule has 15 heteroatoms. The van der Waals surface area contributed by atoms with Gasteiger partial charge in [0.25, 0.3) is 5.91 Å². The second-order valence-corrected chi connectivity index (χ2v) is 16.9. The SMILES string of the molecule is CC(=O)N1CCc2c(c(-c3cccc4cc(-c5cnn(CCC6CCN(c7ccc(C(=O)NC8CCC(Oc9ccc(C#N)c(Cl)c9)CC8)nn7)CC6)c5)ncc34)nn2C)C1. The highest BCUT2D eigenvalue weighted by atomic mass is 35.5. The van der Waals surface area contributed by atoms with Gasteiger partial charge in [-0.25, -0.2) is 0 Å². The van der Waals surface area contributed by atoms with Crippen molar-refractivity contribution in [2.45, 2.75) is 83.5 Å². The summed E-state index contributed by atoms with van der Waals surface area (Å²) in [4.78, 5) is 34.3. The number of benzene rings is 2. The number of carbonyl (C=O) groups is 2. The number of aromatic nitrogens is 7. The fraction of sp³-hybridized carbons (Fsp3) is 0.391. The minimum atomic E-state index is -0.212. The Morgan fingerprint density at radius 2 is 1.82 bits per heavy atom. The molecular weight excluding hydrogens is 790 g/mol. The first-order valence-corrected chi connectivity index (χ1v) is 21.5. The number of amides is 2. The van der Waals surface area contributed by atoms with Crippen LogP contribution < -0.4 is 15.0 Å². The van der Waals surface area contributed by atoms with E-state index < -0.39 is 0 Å². The first-order valence-electron chi connectivity index (χ1n) is 21.2. The summed E-state index contributed by atoms with van der Waals surface area (Å²) in [6.45, 7) is 5.51. The van der Waals surface area contributed by atoms with Gasteiger partial charge in [0, 0.05) is 105 Å². The Hall–Kier alpha value is -6.33. The molecule has 3 aliphatic rings. The van der Waals surface area contributed by atoms with Gasteiger partial charge in [-0.1, -0.05) is 29.8 Å². The first kappa shape index (κ1) is 40.1. The highest BCUT2D eigenvalue weighted by Gasteiger charge is 2.28. The van der Waals surface area contributed by atoms with Crippen molar-refractivity contribution in [3.05, 3.63) is 101 Å². The van der Waals surface area contributed by atoms with Crippen molar-refractivity contribution >= 4 is 40.0 Å². The highest BCUT2D eigenvalue weighted by Crippen LogP contribution is 2.35. The predicted octanol–water partition coefficient (Wildman–Crippen LogP) is 7.15. The second kappa shape index (κ2) is 17.3. The van der Waals surface area contributed by atoms with Crippen molar-refractivity contribution in [3.63, 3.8) is 0 Å². The number of nitrogens with zero attached hydrogens (tertiary/aromatic N) is 10. The minimum Gasteiger partial charge on any atom is -0.490 e. The number of ether oxygens (including phenoxy) is 1. The lowest BCUT2D eigenvalue weighted by Crippen LogP contribution is -2.40. The Labute approximate surface area is 359 Å². The topological polar surface area (TPSA) is 160 Å². The molecule has 2 fully saturated rings. The molecule has 1 aliphatic carbocycles. The third-order valence-corrected chi connectivity index (χ3v) is 12.9. The molecule has 14 nitrogen and oxygen atoms in total. The molecule has 1 saturated heterocycles. The normalized spacial score (nSPS) is 18.1. The number of hydrogen-bond donors (Lipinski definition) is 1. The number of carbonyl (C=O) groups excluding carboxylic acids is 2. The van der Waals surface area contributed by atoms with E-state index in [0.717, 1.165) is 116 Å². The quantitative estimate of drug-likeness (QED) is 0.150. The summed E-state index contributed by atoms with van der Waals surface area (Å²) < 4.78 is 10.1. The number of nitrogens with one attached hydrogen (secondary N) is 1. The van der Waals surface area contributed by atoms with Gasteiger partial charge in [-0.2, -0.15) is 15.5 Å². The number of aryl methyl sites for hydroxylation is 2. The summed E-state index contributed by atoms with van der Waals surface area (Å²) in [5.41, 5.74) is 6.84. The zero-order valence-corrected chi connectivity index (χ0v) is 35.2. The molecule has 0 bridgehead atoms. The molecule has 1 saturated carbocycles. The van der Waals surface area contributed by atoms with Crippen LogP contribution in [0.4, 0.5) is 5.82 Å². The van der Waals surface area contributed by atoms with Crippen molar-refractivity contribution < 1.29 is 14.3 Å². The van der Waals surface area contributed by atoms with Crippen LogP contribution in [-0.2, 0) is 31.4 Å². The monoisotopic (exact) mass is 837 g/mol. The standard InChI is InChI=1S/C46H48ClN11O3/c1-29(59)57-20-17-43-39(28-57)45(54-55(43)2)37-5-3-4-31-22-42(49-26-38(31)37)33-25-50-58(27-33)21-16-30-14-18-56(19-15-30)44-13-12-41(52-53-44)46(60)51-34-7-10-35(11-8-34)61-36-9-6-32(24-48)40(47)23-36/h3-6,9,12-13,22-23,25-27,30,34-35H,7-8,10-11,14-21,28H2,1-2H3,(H,51,60). The fourth-order valence-electron chi connectivity index (χ4n) is 9.05. The summed E-state index contributed by atoms with van der Waals surface area (Å²) in [5.74, 6) is 1.89. The van der Waals surface area contributed by atoms with E-state index in [2.05, 4.69) is 56.9 Å². The van der Waals surface area contributed by atoms with Crippen molar-refractivity contribution in [2.24, 2.45) is 13.0 Å². The fourth-order valence-corrected chi connectivity index (χ4v) is 9.26. The zero-order valence-electron chi connectivity index (χ0n) is 34.4. The van der Waals surface area contributed by atoms with Gasteiger partial charge in [0.15, 0.2) is 11.5 Å². The maximum absolute atomic E-state index is 13.0. The van der Waals surface area contributed by atoms with Crippen LogP contribution in [0.3, 0.4) is 0 Å². The lowest BCUT2D eigenvalue weighted by Gasteiger charge is -2.32. The van der Waals surface area contributed by atoms with Crippen molar-refractivity contribution in [1.82, 2.24) is 45.0 Å². The van der Waals surface area contributed by atoms with E-state index in [1.807, 2.05) is 39.8 Å². The molecule has 6 aromatic rings. The van der Waals surface area contributed by atoms with Crippen LogP contribution in [0.2, 0.25) is 5.02 Å². The van der Waals surface area contributed by atoms with Gasteiger partial charge in [-0.05, 0) is 86.6 Å². The van der Waals surface area contributed by atoms with E-state index in [1.54, 1.807) is 31.2 Å². The van der Waals surface area contributed by atoms with Crippen LogP contribution in [0, 0.1) is 17.2 Å². The van der Waals surface area contributed by atoms with Gasteiger partial charge in [0.2, 0.25) is 5.91 Å². The van der Waals surface area contributed by atoms with Gasteiger partial charge in [0.1, 0.15) is 11.8 Å². The molecule has 2 aliphatic heterocycles. The van der Waals surface area contributed by atoms with E-state index in [9.17, 15) is 9.59 Å². The highest BCUT2D eigenvalue weighted by molar-refractivity contribution is 6.31. The number of hydrogen-bond acceptors (Lipinski definition) is 10. The lowest BCUT2D eigenvalue weighted by molar-refractivity contribution is -0.129. The number of fused-ring (bicyclic) bond motifs is 2. The molecular formula is C46H48ClN11O3. The van der Waals surface area contributed by atoms with E-state index in [4.69, 9.17) is 36.8 Å². The van der Waals surface area contributed by atoms with Gasteiger partial charge in [-0.3, -0.25) is 23.9 Å². The Balaban J connectivity index is 0.739. The average Bonchev–Trinajstić information content (AvgIpc) is 3.90. The molecule has 1 N–H and O–H groups in total. The third kappa shape index (κ3) is 8.65. The molecule has 6 heterocycles. The molecule has 0 spiro atoms. The van der Waals surface area contributed by atoms with Crippen LogP contribution in [0.5, 0.6) is 5.75 Å². The molecule has 0 unspecified atom stereocenters. The van der Waals surface area contributed by atoms with Gasteiger partial charge >= 0.3 is 0 Å². The minimum absolute atomic E-state index is 0.0298. The number of anilines is 1. The average molecular weight is 838 g/mol. The summed E-state index contributed by atoms with van der Waals surface area (Å²) in [6.07, 6.45) is 13.1. The Bertz CT molecular complexity index is 2620. The first-order chi connectivity index (χ1) is 29.7. The van der Waals surface area contributed by atoms with Gasteiger partial charge in [-0.15, -0.1) is 10.2 Å². The van der Waals surface area contributed by atoms with Gasteiger partial charge < -0.3 is 19.9 Å². The summed E-state index contributed by atoms with van der Waals surface area (Å²) in [5, 5.41) is 33.1. The molecule has 9 rings (SSSR count). The van der Waals surface area contributed by atoms with Crippen molar-refractivity contribution in [1.29, 1.82) is 5.26 Å². The summed E-state index contributed by atoms with van der Waals surface area (Å²) in [7, 11) is 1.98. The van der Waals surface area contributed by atoms with Gasteiger partial charge in [0.05, 0.1) is 34.3 Å². The molecule has 2 aromatic carbocycles. The van der Waals surface area contributed by atoms with Crippen LogP contribution in [0.15, 0.2) is 73.2 Å². The number of halogens is 1. The molecule has 61 heavy (non-hydrogen) atoms. The molecule has 312 valence electrons. The maximum Gasteiger partial charge on any atom is 0.272 e. The Kier molecular flexibility index (Phi) is 11.4. The van der Waals surface area contributed by atoms with Crippen LogP contribution in [0.1, 0.15) is 79.2 Å². The van der Waals surface area contributed by atoms with E-state index >= 15 is 0 Å². The molecule has 4 aromatic heterocycles. The molecule has 2 amide bonds. The number of piperidine rings is 1.